The number of carbonyl (C=O) groups is 2. The first-order valence-electron chi connectivity index (χ1n) is 8.42. The molecule has 0 radical (unpaired) electrons. The minimum atomic E-state index is -0.535. The van der Waals surface area contributed by atoms with Crippen LogP contribution in [-0.2, 0) is 9.59 Å². The third-order valence-corrected chi connectivity index (χ3v) is 4.44. The molecule has 7 nitrogen and oxygen atoms in total. The van der Waals surface area contributed by atoms with Crippen molar-refractivity contribution in [1.29, 1.82) is 0 Å². The fourth-order valence-electron chi connectivity index (χ4n) is 3.09. The summed E-state index contributed by atoms with van der Waals surface area (Å²) in [7, 11) is 0. The van der Waals surface area contributed by atoms with Crippen molar-refractivity contribution < 1.29 is 14.0 Å². The van der Waals surface area contributed by atoms with E-state index in [1.807, 2.05) is 30.3 Å². The van der Waals surface area contributed by atoms with Gasteiger partial charge >= 0.3 is 0 Å². The molecule has 1 saturated heterocycles. The Bertz CT molecular complexity index is 975. The van der Waals surface area contributed by atoms with Gasteiger partial charge < -0.3 is 10.2 Å². The molecule has 2 heterocycles. The largest absolute Gasteiger partial charge is 0.326 e. The van der Waals surface area contributed by atoms with Crippen LogP contribution in [0.4, 0.5) is 15.8 Å². The number of hydrogen-bond acceptors (Lipinski definition) is 4. The van der Waals surface area contributed by atoms with Crippen LogP contribution < -0.4 is 10.2 Å². The Labute approximate surface area is 154 Å². The number of aromatic nitrogens is 3. The Hall–Kier alpha value is -3.55. The minimum absolute atomic E-state index is 0.103. The van der Waals surface area contributed by atoms with Crippen LogP contribution in [0.3, 0.4) is 0 Å². The average Bonchev–Trinajstić information content (AvgIpc) is 3.32. The van der Waals surface area contributed by atoms with Crippen LogP contribution >= 0.6 is 0 Å². The lowest BCUT2D eigenvalue weighted by molar-refractivity contribution is -0.122. The number of carbonyl (C=O) groups excluding carboxylic acids is 2. The summed E-state index contributed by atoms with van der Waals surface area (Å²) in [6.45, 7) is 0.300. The van der Waals surface area contributed by atoms with Crippen molar-refractivity contribution in [3.05, 3.63) is 67.0 Å². The first-order chi connectivity index (χ1) is 13.1. The molecular formula is C19H16FN5O2. The van der Waals surface area contributed by atoms with E-state index in [9.17, 15) is 14.0 Å². The lowest BCUT2D eigenvalue weighted by Gasteiger charge is -2.16. The molecule has 2 aromatic carbocycles. The van der Waals surface area contributed by atoms with Crippen molar-refractivity contribution in [3.8, 4) is 5.69 Å². The number of rotatable bonds is 4. The van der Waals surface area contributed by atoms with E-state index in [2.05, 4.69) is 15.4 Å². The molecule has 0 saturated carbocycles. The fraction of sp³-hybridized carbons (Fsp3) is 0.158. The van der Waals surface area contributed by atoms with E-state index < -0.39 is 11.7 Å². The molecule has 2 amide bonds. The molecule has 136 valence electrons. The number of nitrogens with one attached hydrogen (secondary N) is 1. The third-order valence-electron chi connectivity index (χ3n) is 4.44. The molecule has 0 aliphatic carbocycles. The van der Waals surface area contributed by atoms with Gasteiger partial charge in [0, 0.05) is 24.3 Å². The molecule has 1 aromatic heterocycles. The molecule has 8 heteroatoms. The standard InChI is InChI=1S/C19H16FN5O2/c20-16-9-14(6-7-17(16)25-12-21-11-22-25)23-19(27)13-8-18(26)24(10-13)15-4-2-1-3-5-15/h1-7,9,11-13H,8,10H2,(H,23,27)/t13-/m0/s1. The summed E-state index contributed by atoms with van der Waals surface area (Å²) in [6.07, 6.45) is 2.82. The smallest absolute Gasteiger partial charge is 0.229 e. The van der Waals surface area contributed by atoms with E-state index in [0.717, 1.165) is 5.69 Å². The van der Waals surface area contributed by atoms with E-state index in [-0.39, 0.29) is 23.9 Å². The predicted molar refractivity (Wildman–Crippen MR) is 96.8 cm³/mol. The van der Waals surface area contributed by atoms with Crippen LogP contribution in [0, 0.1) is 11.7 Å². The second-order valence-electron chi connectivity index (χ2n) is 6.24. The van der Waals surface area contributed by atoms with Crippen LogP contribution in [0.15, 0.2) is 61.2 Å². The van der Waals surface area contributed by atoms with E-state index in [0.29, 0.717) is 12.2 Å². The lowest BCUT2D eigenvalue weighted by atomic mass is 10.1. The highest BCUT2D eigenvalue weighted by atomic mass is 19.1. The van der Waals surface area contributed by atoms with Gasteiger partial charge in [0.1, 0.15) is 18.3 Å². The first kappa shape index (κ1) is 16.9. The molecule has 0 spiro atoms. The lowest BCUT2D eigenvalue weighted by Crippen LogP contribution is -2.28. The summed E-state index contributed by atoms with van der Waals surface area (Å²) in [5.74, 6) is -1.44. The van der Waals surface area contributed by atoms with Crippen LogP contribution in [0.2, 0.25) is 0 Å². The Morgan fingerprint density at radius 1 is 1.19 bits per heavy atom. The van der Waals surface area contributed by atoms with Crippen LogP contribution in [0.5, 0.6) is 0 Å². The second-order valence-corrected chi connectivity index (χ2v) is 6.24. The molecule has 27 heavy (non-hydrogen) atoms. The summed E-state index contributed by atoms with van der Waals surface area (Å²) in [5, 5.41) is 6.57. The van der Waals surface area contributed by atoms with Crippen molar-refractivity contribution in [2.75, 3.05) is 16.8 Å². The molecule has 0 unspecified atom stereocenters. The fourth-order valence-corrected chi connectivity index (χ4v) is 3.09. The van der Waals surface area contributed by atoms with Crippen molar-refractivity contribution in [2.45, 2.75) is 6.42 Å². The van der Waals surface area contributed by atoms with Gasteiger partial charge in [-0.2, -0.15) is 5.10 Å². The van der Waals surface area contributed by atoms with Crippen molar-refractivity contribution in [3.63, 3.8) is 0 Å². The van der Waals surface area contributed by atoms with Crippen LogP contribution in [-0.4, -0.2) is 33.1 Å². The predicted octanol–water partition coefficient (Wildman–Crippen LogP) is 2.40. The van der Waals surface area contributed by atoms with Gasteiger partial charge in [-0.1, -0.05) is 18.2 Å². The van der Waals surface area contributed by atoms with E-state index in [1.165, 1.54) is 29.5 Å². The number of halogens is 1. The molecule has 1 aliphatic heterocycles. The van der Waals surface area contributed by atoms with Gasteiger partial charge in [0.2, 0.25) is 11.8 Å². The van der Waals surface area contributed by atoms with Gasteiger partial charge in [-0.05, 0) is 30.3 Å². The maximum Gasteiger partial charge on any atom is 0.229 e. The highest BCUT2D eigenvalue weighted by molar-refractivity contribution is 6.03. The highest BCUT2D eigenvalue weighted by Gasteiger charge is 2.35. The van der Waals surface area contributed by atoms with Crippen LogP contribution in [0.1, 0.15) is 6.42 Å². The first-order valence-corrected chi connectivity index (χ1v) is 8.42. The SMILES string of the molecule is O=C(Nc1ccc(-n2cncn2)c(F)c1)[C@H]1CC(=O)N(c2ccccc2)C1. The molecule has 1 fully saturated rings. The Morgan fingerprint density at radius 2 is 2.00 bits per heavy atom. The van der Waals surface area contributed by atoms with Crippen molar-refractivity contribution in [1.82, 2.24) is 14.8 Å². The zero-order valence-corrected chi connectivity index (χ0v) is 14.2. The number of nitrogens with zero attached hydrogens (tertiary/aromatic N) is 4. The van der Waals surface area contributed by atoms with Crippen molar-refractivity contribution >= 4 is 23.2 Å². The summed E-state index contributed by atoms with van der Waals surface area (Å²) >= 11 is 0. The highest BCUT2D eigenvalue weighted by Crippen LogP contribution is 2.26. The van der Waals surface area contributed by atoms with Gasteiger partial charge in [0.25, 0.3) is 0 Å². The van der Waals surface area contributed by atoms with Gasteiger partial charge in [0.15, 0.2) is 5.82 Å². The Balaban J connectivity index is 1.45. The molecule has 4 rings (SSSR count). The number of anilines is 2. The van der Waals surface area contributed by atoms with E-state index >= 15 is 0 Å². The average molecular weight is 365 g/mol. The zero-order chi connectivity index (χ0) is 18.8. The summed E-state index contributed by atoms with van der Waals surface area (Å²) in [5.41, 5.74) is 1.32. The number of benzene rings is 2. The minimum Gasteiger partial charge on any atom is -0.326 e. The Kier molecular flexibility index (Phi) is 4.37. The second kappa shape index (κ2) is 6.99. The number of hydrogen-bond donors (Lipinski definition) is 1. The maximum atomic E-state index is 14.3. The monoisotopic (exact) mass is 365 g/mol. The molecule has 1 aliphatic rings. The summed E-state index contributed by atoms with van der Waals surface area (Å²) in [6, 6.07) is 13.5. The van der Waals surface area contributed by atoms with Gasteiger partial charge in [-0.25, -0.2) is 14.1 Å². The van der Waals surface area contributed by atoms with Crippen LogP contribution in [0.25, 0.3) is 5.69 Å². The molecular weight excluding hydrogens is 349 g/mol. The molecule has 1 N–H and O–H groups in total. The van der Waals surface area contributed by atoms with Gasteiger partial charge in [0.05, 0.1) is 5.92 Å². The van der Waals surface area contributed by atoms with E-state index in [1.54, 1.807) is 11.0 Å². The third kappa shape index (κ3) is 3.41. The summed E-state index contributed by atoms with van der Waals surface area (Å²) < 4.78 is 15.6. The normalized spacial score (nSPS) is 16.6. The Morgan fingerprint density at radius 3 is 2.70 bits per heavy atom. The van der Waals surface area contributed by atoms with Gasteiger partial charge in [-0.15, -0.1) is 0 Å². The topological polar surface area (TPSA) is 80.1 Å². The zero-order valence-electron chi connectivity index (χ0n) is 14.2. The van der Waals surface area contributed by atoms with E-state index in [4.69, 9.17) is 0 Å². The summed E-state index contributed by atoms with van der Waals surface area (Å²) in [4.78, 5) is 30.1. The number of amides is 2. The molecule has 0 bridgehead atoms. The molecule has 1 atom stereocenters. The quantitative estimate of drug-likeness (QED) is 0.770. The maximum absolute atomic E-state index is 14.3. The van der Waals surface area contributed by atoms with Gasteiger partial charge in [-0.3, -0.25) is 9.59 Å². The number of para-hydroxylation sites is 1. The van der Waals surface area contributed by atoms with Crippen molar-refractivity contribution in [2.24, 2.45) is 5.92 Å². The molecule has 3 aromatic rings.